The van der Waals surface area contributed by atoms with E-state index in [0.717, 1.165) is 19.3 Å². The molecule has 0 aliphatic rings. The summed E-state index contributed by atoms with van der Waals surface area (Å²) in [6.45, 7) is 3.93. The Hall–Kier alpha value is -1.06. The van der Waals surface area contributed by atoms with Gasteiger partial charge in [-0.25, -0.2) is 0 Å². The Bertz CT molecular complexity index is 201. The first-order valence-electron chi connectivity index (χ1n) is 5.47. The standard InChI is InChI=1S/C11H20O4/c1-3-4-5-6-7-9(2)15-11(14)8-10(12)13/h9H,3-8H2,1-2H3,(H,12,13). The summed E-state index contributed by atoms with van der Waals surface area (Å²) >= 11 is 0. The van der Waals surface area contributed by atoms with E-state index in [0.29, 0.717) is 0 Å². The summed E-state index contributed by atoms with van der Waals surface area (Å²) < 4.78 is 4.92. The molecule has 4 heteroatoms. The van der Waals surface area contributed by atoms with Crippen molar-refractivity contribution in [3.63, 3.8) is 0 Å². The van der Waals surface area contributed by atoms with Crippen molar-refractivity contribution in [1.29, 1.82) is 0 Å². The van der Waals surface area contributed by atoms with Crippen LogP contribution in [0.2, 0.25) is 0 Å². The van der Waals surface area contributed by atoms with Crippen molar-refractivity contribution in [3.05, 3.63) is 0 Å². The summed E-state index contributed by atoms with van der Waals surface area (Å²) in [7, 11) is 0. The van der Waals surface area contributed by atoms with Crippen LogP contribution >= 0.6 is 0 Å². The highest BCUT2D eigenvalue weighted by Crippen LogP contribution is 2.08. The third-order valence-electron chi connectivity index (χ3n) is 2.09. The number of ether oxygens (including phenoxy) is 1. The van der Waals surface area contributed by atoms with Gasteiger partial charge in [-0.05, 0) is 19.8 Å². The van der Waals surface area contributed by atoms with E-state index in [2.05, 4.69) is 6.92 Å². The van der Waals surface area contributed by atoms with Gasteiger partial charge in [-0.3, -0.25) is 9.59 Å². The van der Waals surface area contributed by atoms with Crippen molar-refractivity contribution < 1.29 is 19.4 Å². The Morgan fingerprint density at radius 2 is 1.93 bits per heavy atom. The van der Waals surface area contributed by atoms with Crippen LogP contribution in [0.15, 0.2) is 0 Å². The Morgan fingerprint density at radius 1 is 1.27 bits per heavy atom. The highest BCUT2D eigenvalue weighted by atomic mass is 16.5. The number of hydrogen-bond donors (Lipinski definition) is 1. The summed E-state index contributed by atoms with van der Waals surface area (Å²) in [5.74, 6) is -1.79. The molecule has 0 heterocycles. The van der Waals surface area contributed by atoms with Crippen LogP contribution in [0.5, 0.6) is 0 Å². The molecule has 0 aromatic heterocycles. The van der Waals surface area contributed by atoms with Crippen LogP contribution in [0.25, 0.3) is 0 Å². The van der Waals surface area contributed by atoms with Crippen molar-refractivity contribution >= 4 is 11.9 Å². The number of carboxylic acids is 1. The van der Waals surface area contributed by atoms with Crippen molar-refractivity contribution in [2.24, 2.45) is 0 Å². The summed E-state index contributed by atoms with van der Waals surface area (Å²) in [6, 6.07) is 0. The Morgan fingerprint density at radius 3 is 2.47 bits per heavy atom. The minimum atomic E-state index is -1.14. The second kappa shape index (κ2) is 8.26. The lowest BCUT2D eigenvalue weighted by atomic mass is 10.1. The molecule has 1 atom stereocenters. The molecule has 1 N–H and O–H groups in total. The molecule has 1 unspecified atom stereocenters. The molecule has 0 fully saturated rings. The number of carbonyl (C=O) groups excluding carboxylic acids is 1. The summed E-state index contributed by atoms with van der Waals surface area (Å²) in [5, 5.41) is 8.34. The van der Waals surface area contributed by atoms with Gasteiger partial charge in [0, 0.05) is 0 Å². The highest BCUT2D eigenvalue weighted by Gasteiger charge is 2.12. The van der Waals surface area contributed by atoms with Crippen molar-refractivity contribution in [1.82, 2.24) is 0 Å². The van der Waals surface area contributed by atoms with Gasteiger partial charge in [-0.15, -0.1) is 0 Å². The summed E-state index contributed by atoms with van der Waals surface area (Å²) in [6.07, 6.45) is 4.62. The number of unbranched alkanes of at least 4 members (excludes halogenated alkanes) is 3. The Balaban J connectivity index is 3.51. The normalized spacial score (nSPS) is 12.1. The third-order valence-corrected chi connectivity index (χ3v) is 2.09. The molecular formula is C11H20O4. The molecule has 0 spiro atoms. The molecular weight excluding hydrogens is 196 g/mol. The smallest absolute Gasteiger partial charge is 0.317 e. The predicted molar refractivity (Wildman–Crippen MR) is 56.6 cm³/mol. The average molecular weight is 216 g/mol. The van der Waals surface area contributed by atoms with Crippen LogP contribution in [0.1, 0.15) is 52.4 Å². The van der Waals surface area contributed by atoms with Crippen LogP contribution in [-0.4, -0.2) is 23.1 Å². The molecule has 88 valence electrons. The number of carbonyl (C=O) groups is 2. The molecule has 0 radical (unpaired) electrons. The quantitative estimate of drug-likeness (QED) is 0.384. The number of aliphatic carboxylic acids is 1. The maximum atomic E-state index is 10.9. The van der Waals surface area contributed by atoms with Gasteiger partial charge in [0.15, 0.2) is 0 Å². The van der Waals surface area contributed by atoms with E-state index in [1.807, 2.05) is 0 Å². The topological polar surface area (TPSA) is 63.6 Å². The Labute approximate surface area is 90.6 Å². The van der Waals surface area contributed by atoms with Gasteiger partial charge in [-0.2, -0.15) is 0 Å². The first-order valence-corrected chi connectivity index (χ1v) is 5.47. The molecule has 0 aliphatic carbocycles. The summed E-state index contributed by atoms with van der Waals surface area (Å²) in [5.41, 5.74) is 0. The fourth-order valence-corrected chi connectivity index (χ4v) is 1.31. The molecule has 15 heavy (non-hydrogen) atoms. The van der Waals surface area contributed by atoms with E-state index in [-0.39, 0.29) is 6.10 Å². The molecule has 0 aromatic carbocycles. The minimum absolute atomic E-state index is 0.172. The molecule has 4 nitrogen and oxygen atoms in total. The molecule has 0 saturated carbocycles. The first-order chi connectivity index (χ1) is 7.06. The zero-order chi connectivity index (χ0) is 11.7. The fourth-order valence-electron chi connectivity index (χ4n) is 1.31. The fraction of sp³-hybridized carbons (Fsp3) is 0.818. The van der Waals surface area contributed by atoms with E-state index in [1.165, 1.54) is 12.8 Å². The SMILES string of the molecule is CCCCCCC(C)OC(=O)CC(=O)O. The molecule has 0 amide bonds. The second-order valence-corrected chi connectivity index (χ2v) is 3.72. The monoisotopic (exact) mass is 216 g/mol. The maximum absolute atomic E-state index is 10.9. The molecule has 0 aliphatic heterocycles. The van der Waals surface area contributed by atoms with E-state index in [1.54, 1.807) is 6.92 Å². The third kappa shape index (κ3) is 9.25. The van der Waals surface area contributed by atoms with Crippen LogP contribution in [0.3, 0.4) is 0 Å². The van der Waals surface area contributed by atoms with Gasteiger partial charge in [-0.1, -0.05) is 26.2 Å². The van der Waals surface area contributed by atoms with Crippen molar-refractivity contribution in [2.75, 3.05) is 0 Å². The second-order valence-electron chi connectivity index (χ2n) is 3.72. The molecule has 0 aromatic rings. The Kier molecular flexibility index (Phi) is 7.68. The van der Waals surface area contributed by atoms with Crippen molar-refractivity contribution in [2.45, 2.75) is 58.5 Å². The van der Waals surface area contributed by atoms with E-state index < -0.39 is 18.4 Å². The van der Waals surface area contributed by atoms with Gasteiger partial charge in [0.25, 0.3) is 0 Å². The lowest BCUT2D eigenvalue weighted by Gasteiger charge is -2.11. The van der Waals surface area contributed by atoms with Gasteiger partial charge >= 0.3 is 11.9 Å². The summed E-state index contributed by atoms with van der Waals surface area (Å²) in [4.78, 5) is 21.1. The lowest BCUT2D eigenvalue weighted by Crippen LogP contribution is -2.17. The van der Waals surface area contributed by atoms with Crippen LogP contribution < -0.4 is 0 Å². The zero-order valence-corrected chi connectivity index (χ0v) is 9.49. The van der Waals surface area contributed by atoms with E-state index >= 15 is 0 Å². The van der Waals surface area contributed by atoms with Crippen LogP contribution in [0.4, 0.5) is 0 Å². The largest absolute Gasteiger partial charge is 0.481 e. The van der Waals surface area contributed by atoms with Gasteiger partial charge in [0.1, 0.15) is 6.42 Å². The van der Waals surface area contributed by atoms with Gasteiger partial charge < -0.3 is 9.84 Å². The van der Waals surface area contributed by atoms with Gasteiger partial charge in [0.05, 0.1) is 6.10 Å². The zero-order valence-electron chi connectivity index (χ0n) is 9.49. The molecule has 0 rings (SSSR count). The van der Waals surface area contributed by atoms with Crippen LogP contribution in [-0.2, 0) is 14.3 Å². The number of esters is 1. The molecule has 0 saturated heterocycles. The number of carboxylic acid groups (broad SMARTS) is 1. The van der Waals surface area contributed by atoms with Crippen LogP contribution in [0, 0.1) is 0 Å². The maximum Gasteiger partial charge on any atom is 0.317 e. The average Bonchev–Trinajstić information content (AvgIpc) is 2.10. The minimum Gasteiger partial charge on any atom is -0.481 e. The van der Waals surface area contributed by atoms with Crippen molar-refractivity contribution in [3.8, 4) is 0 Å². The highest BCUT2D eigenvalue weighted by molar-refractivity contribution is 5.90. The predicted octanol–water partition coefficient (Wildman–Crippen LogP) is 2.36. The first kappa shape index (κ1) is 13.9. The van der Waals surface area contributed by atoms with E-state index in [4.69, 9.17) is 9.84 Å². The number of rotatable bonds is 8. The lowest BCUT2D eigenvalue weighted by molar-refractivity contribution is -0.154. The van der Waals surface area contributed by atoms with E-state index in [9.17, 15) is 9.59 Å². The molecule has 0 bridgehead atoms. The number of hydrogen-bond acceptors (Lipinski definition) is 3. The van der Waals surface area contributed by atoms with Gasteiger partial charge in [0.2, 0.25) is 0 Å².